The molecule has 0 fully saturated rings. The minimum Gasteiger partial charge on any atom is -0.478 e. The summed E-state index contributed by atoms with van der Waals surface area (Å²) in [6.45, 7) is 3.51. The van der Waals surface area contributed by atoms with Crippen molar-refractivity contribution in [2.45, 2.75) is 32.7 Å². The Balaban J connectivity index is 2.34. The number of benzene rings is 1. The van der Waals surface area contributed by atoms with Crippen molar-refractivity contribution in [2.75, 3.05) is 11.4 Å². The molecule has 1 heterocycles. The standard InChI is InChI=1S/C15H18N2O4/c1-9(16-10(2)18)14(19)17-8-4-6-11-12(15(20)21)5-3-7-13(11)17/h3,5,7,9H,4,6,8H2,1-2H3,(H,16,18)(H,20,21). The van der Waals surface area contributed by atoms with E-state index in [0.29, 0.717) is 30.6 Å². The van der Waals surface area contributed by atoms with Gasteiger partial charge in [-0.25, -0.2) is 4.79 Å². The zero-order valence-electron chi connectivity index (χ0n) is 12.0. The number of fused-ring (bicyclic) bond motifs is 1. The zero-order valence-corrected chi connectivity index (χ0v) is 12.0. The van der Waals surface area contributed by atoms with Gasteiger partial charge in [-0.3, -0.25) is 9.59 Å². The third-order valence-electron chi connectivity index (χ3n) is 3.54. The van der Waals surface area contributed by atoms with E-state index in [1.165, 1.54) is 6.92 Å². The van der Waals surface area contributed by atoms with Gasteiger partial charge in [-0.05, 0) is 37.5 Å². The fourth-order valence-electron chi connectivity index (χ4n) is 2.65. The summed E-state index contributed by atoms with van der Waals surface area (Å²) in [5.41, 5.74) is 1.54. The normalized spacial score (nSPS) is 15.0. The molecule has 21 heavy (non-hydrogen) atoms. The number of hydrogen-bond donors (Lipinski definition) is 2. The van der Waals surface area contributed by atoms with Gasteiger partial charge in [-0.15, -0.1) is 0 Å². The highest BCUT2D eigenvalue weighted by molar-refractivity contribution is 6.01. The minimum atomic E-state index is -0.990. The Labute approximate surface area is 122 Å². The third kappa shape index (κ3) is 3.04. The predicted molar refractivity (Wildman–Crippen MR) is 77.4 cm³/mol. The molecule has 2 rings (SSSR count). The maximum atomic E-state index is 12.4. The van der Waals surface area contributed by atoms with Crippen molar-refractivity contribution < 1.29 is 19.5 Å². The fraction of sp³-hybridized carbons (Fsp3) is 0.400. The molecule has 0 aromatic heterocycles. The van der Waals surface area contributed by atoms with Gasteiger partial charge < -0.3 is 15.3 Å². The highest BCUT2D eigenvalue weighted by atomic mass is 16.4. The molecule has 1 aromatic carbocycles. The second kappa shape index (κ2) is 5.95. The van der Waals surface area contributed by atoms with Gasteiger partial charge in [0, 0.05) is 19.2 Å². The molecule has 1 aliphatic rings. The first-order valence-corrected chi connectivity index (χ1v) is 6.85. The van der Waals surface area contributed by atoms with E-state index in [-0.39, 0.29) is 17.4 Å². The molecule has 2 amide bonds. The van der Waals surface area contributed by atoms with Gasteiger partial charge in [0.15, 0.2) is 0 Å². The first-order chi connectivity index (χ1) is 9.91. The Hall–Kier alpha value is -2.37. The molecular formula is C15H18N2O4. The van der Waals surface area contributed by atoms with E-state index in [9.17, 15) is 19.5 Å². The van der Waals surface area contributed by atoms with Crippen molar-refractivity contribution in [1.82, 2.24) is 5.32 Å². The van der Waals surface area contributed by atoms with E-state index in [2.05, 4.69) is 5.32 Å². The quantitative estimate of drug-likeness (QED) is 0.875. The van der Waals surface area contributed by atoms with Gasteiger partial charge >= 0.3 is 5.97 Å². The number of aromatic carboxylic acids is 1. The number of carbonyl (C=O) groups excluding carboxylic acids is 2. The van der Waals surface area contributed by atoms with E-state index >= 15 is 0 Å². The topological polar surface area (TPSA) is 86.7 Å². The van der Waals surface area contributed by atoms with Crippen LogP contribution in [0.5, 0.6) is 0 Å². The van der Waals surface area contributed by atoms with Crippen LogP contribution >= 0.6 is 0 Å². The minimum absolute atomic E-state index is 0.228. The average molecular weight is 290 g/mol. The molecule has 1 unspecified atom stereocenters. The number of hydrogen-bond acceptors (Lipinski definition) is 3. The Morgan fingerprint density at radius 2 is 2.05 bits per heavy atom. The summed E-state index contributed by atoms with van der Waals surface area (Å²) in [5.74, 6) is -1.49. The monoisotopic (exact) mass is 290 g/mol. The summed E-state index contributed by atoms with van der Waals surface area (Å²) in [6, 6.07) is 4.30. The van der Waals surface area contributed by atoms with Crippen LogP contribution in [0.25, 0.3) is 0 Å². The van der Waals surface area contributed by atoms with Crippen LogP contribution in [0.15, 0.2) is 18.2 Å². The van der Waals surface area contributed by atoms with Crippen LogP contribution in [0.1, 0.15) is 36.2 Å². The molecule has 0 saturated heterocycles. The predicted octanol–water partition coefficient (Wildman–Crippen LogP) is 1.19. The van der Waals surface area contributed by atoms with Gasteiger partial charge in [-0.1, -0.05) is 6.07 Å². The number of nitrogens with one attached hydrogen (secondary N) is 1. The van der Waals surface area contributed by atoms with Gasteiger partial charge in [0.1, 0.15) is 6.04 Å². The smallest absolute Gasteiger partial charge is 0.336 e. The van der Waals surface area contributed by atoms with Crippen molar-refractivity contribution in [3.63, 3.8) is 0 Å². The molecule has 6 nitrogen and oxygen atoms in total. The summed E-state index contributed by atoms with van der Waals surface area (Å²) in [6.07, 6.45) is 1.34. The lowest BCUT2D eigenvalue weighted by atomic mass is 9.96. The van der Waals surface area contributed by atoms with E-state index in [1.54, 1.807) is 30.0 Å². The Bertz CT molecular complexity index is 597. The van der Waals surface area contributed by atoms with Crippen molar-refractivity contribution in [2.24, 2.45) is 0 Å². The summed E-state index contributed by atoms with van der Waals surface area (Å²) >= 11 is 0. The first-order valence-electron chi connectivity index (χ1n) is 6.85. The molecule has 6 heteroatoms. The van der Waals surface area contributed by atoms with Crippen LogP contribution in [0.3, 0.4) is 0 Å². The van der Waals surface area contributed by atoms with Crippen LogP contribution < -0.4 is 10.2 Å². The molecular weight excluding hydrogens is 272 g/mol. The summed E-state index contributed by atoms with van der Waals surface area (Å²) < 4.78 is 0. The molecule has 2 N–H and O–H groups in total. The molecule has 0 radical (unpaired) electrons. The van der Waals surface area contributed by atoms with Crippen LogP contribution in [0.2, 0.25) is 0 Å². The fourth-order valence-corrected chi connectivity index (χ4v) is 2.65. The number of rotatable bonds is 3. The Morgan fingerprint density at radius 1 is 1.33 bits per heavy atom. The number of carboxylic acid groups (broad SMARTS) is 1. The molecule has 112 valence electrons. The van der Waals surface area contributed by atoms with Crippen molar-refractivity contribution >= 4 is 23.5 Å². The third-order valence-corrected chi connectivity index (χ3v) is 3.54. The van der Waals surface area contributed by atoms with Gasteiger partial charge in [0.2, 0.25) is 11.8 Å². The molecule has 0 saturated carbocycles. The largest absolute Gasteiger partial charge is 0.478 e. The SMILES string of the molecule is CC(=O)NC(C)C(=O)N1CCCc2c(C(=O)O)cccc21. The second-order valence-electron chi connectivity index (χ2n) is 5.12. The number of carbonyl (C=O) groups is 3. The van der Waals surface area contributed by atoms with Crippen molar-refractivity contribution in [3.05, 3.63) is 29.3 Å². The molecule has 1 atom stereocenters. The van der Waals surface area contributed by atoms with Crippen LogP contribution in [0.4, 0.5) is 5.69 Å². The zero-order chi connectivity index (χ0) is 15.6. The summed E-state index contributed by atoms with van der Waals surface area (Å²) in [7, 11) is 0. The highest BCUT2D eigenvalue weighted by Gasteiger charge is 2.28. The Kier molecular flexibility index (Phi) is 4.26. The number of nitrogens with zero attached hydrogens (tertiary/aromatic N) is 1. The molecule has 0 spiro atoms. The molecule has 0 bridgehead atoms. The number of carboxylic acids is 1. The van der Waals surface area contributed by atoms with Crippen LogP contribution in [0, 0.1) is 0 Å². The lowest BCUT2D eigenvalue weighted by molar-refractivity contribution is -0.126. The van der Waals surface area contributed by atoms with Gasteiger partial charge in [0.05, 0.1) is 5.56 Å². The number of amides is 2. The summed E-state index contributed by atoms with van der Waals surface area (Å²) in [4.78, 5) is 36.3. The maximum Gasteiger partial charge on any atom is 0.336 e. The lowest BCUT2D eigenvalue weighted by Crippen LogP contribution is -2.48. The van der Waals surface area contributed by atoms with Crippen LogP contribution in [-0.4, -0.2) is 35.5 Å². The molecule has 1 aliphatic heterocycles. The van der Waals surface area contributed by atoms with Crippen molar-refractivity contribution in [3.8, 4) is 0 Å². The molecule has 0 aliphatic carbocycles. The van der Waals surface area contributed by atoms with E-state index in [4.69, 9.17) is 0 Å². The first kappa shape index (κ1) is 15.0. The Morgan fingerprint density at radius 3 is 2.67 bits per heavy atom. The van der Waals surface area contributed by atoms with Crippen molar-refractivity contribution in [1.29, 1.82) is 0 Å². The van der Waals surface area contributed by atoms with E-state index in [0.717, 1.165) is 0 Å². The maximum absolute atomic E-state index is 12.4. The molecule has 1 aromatic rings. The summed E-state index contributed by atoms with van der Waals surface area (Å²) in [5, 5.41) is 11.8. The lowest BCUT2D eigenvalue weighted by Gasteiger charge is -2.32. The number of anilines is 1. The van der Waals surface area contributed by atoms with Gasteiger partial charge in [-0.2, -0.15) is 0 Å². The second-order valence-corrected chi connectivity index (χ2v) is 5.12. The van der Waals surface area contributed by atoms with Gasteiger partial charge in [0.25, 0.3) is 0 Å². The average Bonchev–Trinajstić information content (AvgIpc) is 2.44. The van der Waals surface area contributed by atoms with Crippen LogP contribution in [-0.2, 0) is 16.0 Å². The van der Waals surface area contributed by atoms with E-state index < -0.39 is 12.0 Å². The van der Waals surface area contributed by atoms with E-state index in [1.807, 2.05) is 0 Å². The highest BCUT2D eigenvalue weighted by Crippen LogP contribution is 2.30.